The highest BCUT2D eigenvalue weighted by atomic mass is 15.2. The van der Waals surface area contributed by atoms with E-state index >= 15 is 0 Å². The monoisotopic (exact) mass is 748 g/mol. The van der Waals surface area contributed by atoms with Crippen LogP contribution < -0.4 is 4.90 Å². The molecule has 0 spiro atoms. The van der Waals surface area contributed by atoms with Crippen molar-refractivity contribution >= 4 is 81.8 Å². The van der Waals surface area contributed by atoms with E-state index in [9.17, 15) is 0 Å². The van der Waals surface area contributed by atoms with Gasteiger partial charge in [0.15, 0.2) is 0 Å². The van der Waals surface area contributed by atoms with E-state index in [1.807, 2.05) is 12.3 Å². The van der Waals surface area contributed by atoms with Gasteiger partial charge in [0, 0.05) is 17.6 Å². The number of hydrogen-bond donors (Lipinski definition) is 0. The number of nitrogens with zero attached hydrogens (tertiary/aromatic N) is 2. The Morgan fingerprint density at radius 2 is 0.864 bits per heavy atom. The third kappa shape index (κ3) is 5.31. The zero-order chi connectivity index (χ0) is 38.9. The Labute approximate surface area is 342 Å². The van der Waals surface area contributed by atoms with E-state index in [1.54, 1.807) is 0 Å². The van der Waals surface area contributed by atoms with Crippen LogP contribution >= 0.6 is 0 Å². The Morgan fingerprint density at radius 3 is 1.53 bits per heavy atom. The third-order valence-electron chi connectivity index (χ3n) is 12.2. The molecule has 0 bridgehead atoms. The highest BCUT2D eigenvalue weighted by Crippen LogP contribution is 2.50. The van der Waals surface area contributed by atoms with E-state index in [0.717, 1.165) is 17.2 Å². The van der Waals surface area contributed by atoms with Gasteiger partial charge in [0.05, 0.1) is 0 Å². The number of pyridine rings is 1. The van der Waals surface area contributed by atoms with Gasteiger partial charge >= 0.3 is 0 Å². The first-order chi connectivity index (χ1) is 29.3. The summed E-state index contributed by atoms with van der Waals surface area (Å²) in [7, 11) is 0. The van der Waals surface area contributed by atoms with Crippen molar-refractivity contribution in [1.82, 2.24) is 4.98 Å². The van der Waals surface area contributed by atoms with Crippen LogP contribution in [-0.4, -0.2) is 4.98 Å². The number of benzene rings is 11. The molecular formula is C57H36N2. The van der Waals surface area contributed by atoms with E-state index < -0.39 is 0 Å². The van der Waals surface area contributed by atoms with Gasteiger partial charge in [-0.3, -0.25) is 4.90 Å². The molecule has 2 heteroatoms. The molecule has 1 heterocycles. The summed E-state index contributed by atoms with van der Waals surface area (Å²) in [5.41, 5.74) is 9.39. The van der Waals surface area contributed by atoms with Gasteiger partial charge in [-0.1, -0.05) is 170 Å². The third-order valence-corrected chi connectivity index (χ3v) is 12.2. The summed E-state index contributed by atoms with van der Waals surface area (Å²) in [5, 5.41) is 15.0. The van der Waals surface area contributed by atoms with E-state index in [-0.39, 0.29) is 0 Å². The second-order valence-corrected chi connectivity index (χ2v) is 15.5. The zero-order valence-electron chi connectivity index (χ0n) is 32.2. The minimum Gasteiger partial charge on any atom is -0.295 e. The minimum atomic E-state index is 0.868. The Hall–Kier alpha value is -7.81. The van der Waals surface area contributed by atoms with Crippen LogP contribution in [0.15, 0.2) is 219 Å². The van der Waals surface area contributed by atoms with Gasteiger partial charge in [-0.25, -0.2) is 4.98 Å². The molecule has 0 aliphatic heterocycles. The predicted octanol–water partition coefficient (Wildman–Crippen LogP) is 15.9. The molecule has 12 rings (SSSR count). The van der Waals surface area contributed by atoms with Gasteiger partial charge in [-0.05, 0) is 140 Å². The van der Waals surface area contributed by atoms with Crippen LogP contribution in [0.1, 0.15) is 0 Å². The molecular weight excluding hydrogens is 713 g/mol. The molecule has 0 aliphatic rings. The maximum Gasteiger partial charge on any atom is 0.137 e. The van der Waals surface area contributed by atoms with Gasteiger partial charge in [0.2, 0.25) is 0 Å². The summed E-state index contributed by atoms with van der Waals surface area (Å²) in [6.45, 7) is 0. The fourth-order valence-corrected chi connectivity index (χ4v) is 9.64. The van der Waals surface area contributed by atoms with E-state index in [4.69, 9.17) is 4.98 Å². The highest BCUT2D eigenvalue weighted by molar-refractivity contribution is 6.33. The summed E-state index contributed by atoms with van der Waals surface area (Å²) >= 11 is 0. The predicted molar refractivity (Wildman–Crippen MR) is 251 cm³/mol. The molecule has 0 fully saturated rings. The van der Waals surface area contributed by atoms with Gasteiger partial charge in [-0.2, -0.15) is 0 Å². The average Bonchev–Trinajstić information content (AvgIpc) is 3.31. The number of fused-ring (bicyclic) bond motifs is 6. The lowest BCUT2D eigenvalue weighted by Crippen LogP contribution is -2.11. The molecule has 274 valence electrons. The standard InChI is InChI=1S/C57H36N2/c1-4-15-37(16-5-1)49-36-50(38-17-6-2-7-18-38)56-47-24-11-10-23-46(47)51-35-44(30-31-48(51)57(56)55(49)39-19-8-3-9-20-39)59(52-25-12-13-32-58-52)45-33-42-28-26-40-21-14-22-41-27-29-43(34-45)54(42)53(40)41/h1-36H. The molecule has 0 saturated carbocycles. The topological polar surface area (TPSA) is 16.1 Å². The largest absolute Gasteiger partial charge is 0.295 e. The maximum atomic E-state index is 4.97. The van der Waals surface area contributed by atoms with Crippen molar-refractivity contribution in [3.05, 3.63) is 219 Å². The van der Waals surface area contributed by atoms with Crippen LogP contribution in [0.5, 0.6) is 0 Å². The molecule has 0 unspecified atom stereocenters. The molecule has 1 aromatic heterocycles. The van der Waals surface area contributed by atoms with Crippen molar-refractivity contribution in [2.24, 2.45) is 0 Å². The molecule has 11 aromatic carbocycles. The fraction of sp³-hybridized carbons (Fsp3) is 0. The van der Waals surface area contributed by atoms with E-state index in [2.05, 4.69) is 211 Å². The maximum absolute atomic E-state index is 4.97. The number of aromatic nitrogens is 1. The SMILES string of the molecule is c1ccc(-c2cc(-c3ccccc3)c3c4ccccc4c4cc(N(c5cc6ccc7cccc8ccc(c5)c6c78)c5ccccn5)ccc4c3c2-c2ccccc2)cc1. The minimum absolute atomic E-state index is 0.868. The Kier molecular flexibility index (Phi) is 7.57. The second kappa shape index (κ2) is 13.4. The molecule has 0 aliphatic carbocycles. The molecule has 0 N–H and O–H groups in total. The Morgan fingerprint density at radius 1 is 0.305 bits per heavy atom. The summed E-state index contributed by atoms with van der Waals surface area (Å²) in [6, 6.07) is 77.6. The van der Waals surface area contributed by atoms with Crippen molar-refractivity contribution in [1.29, 1.82) is 0 Å². The molecule has 0 atom stereocenters. The molecule has 2 nitrogen and oxygen atoms in total. The van der Waals surface area contributed by atoms with Crippen LogP contribution in [0.25, 0.3) is 98.0 Å². The average molecular weight is 749 g/mol. The van der Waals surface area contributed by atoms with Crippen LogP contribution in [0.3, 0.4) is 0 Å². The lowest BCUT2D eigenvalue weighted by atomic mass is 9.81. The zero-order valence-corrected chi connectivity index (χ0v) is 32.2. The Bertz CT molecular complexity index is 3460. The van der Waals surface area contributed by atoms with Crippen molar-refractivity contribution in [3.63, 3.8) is 0 Å². The van der Waals surface area contributed by atoms with Crippen molar-refractivity contribution in [2.75, 3.05) is 4.90 Å². The quantitative estimate of drug-likeness (QED) is 0.157. The summed E-state index contributed by atoms with van der Waals surface area (Å²) in [4.78, 5) is 7.29. The molecule has 59 heavy (non-hydrogen) atoms. The van der Waals surface area contributed by atoms with Gasteiger partial charge in [0.1, 0.15) is 5.82 Å². The van der Waals surface area contributed by atoms with Gasteiger partial charge in [0.25, 0.3) is 0 Å². The lowest BCUT2D eigenvalue weighted by Gasteiger charge is -2.27. The Balaban J connectivity index is 1.20. The molecule has 0 saturated heterocycles. The lowest BCUT2D eigenvalue weighted by molar-refractivity contribution is 1.19. The van der Waals surface area contributed by atoms with Gasteiger partial charge < -0.3 is 0 Å². The van der Waals surface area contributed by atoms with Crippen LogP contribution in [0, 0.1) is 0 Å². The second-order valence-electron chi connectivity index (χ2n) is 15.5. The van der Waals surface area contributed by atoms with E-state index in [0.29, 0.717) is 0 Å². The van der Waals surface area contributed by atoms with Crippen molar-refractivity contribution in [2.45, 2.75) is 0 Å². The van der Waals surface area contributed by atoms with Crippen LogP contribution in [0.4, 0.5) is 17.2 Å². The first-order valence-corrected chi connectivity index (χ1v) is 20.3. The van der Waals surface area contributed by atoms with Gasteiger partial charge in [-0.15, -0.1) is 0 Å². The van der Waals surface area contributed by atoms with E-state index in [1.165, 1.54) is 98.0 Å². The summed E-state index contributed by atoms with van der Waals surface area (Å²) < 4.78 is 0. The number of hydrogen-bond acceptors (Lipinski definition) is 2. The fourth-order valence-electron chi connectivity index (χ4n) is 9.64. The molecule has 0 amide bonds. The first-order valence-electron chi connectivity index (χ1n) is 20.3. The number of rotatable bonds is 6. The summed E-state index contributed by atoms with van der Waals surface area (Å²) in [5.74, 6) is 0.868. The highest BCUT2D eigenvalue weighted by Gasteiger charge is 2.23. The number of anilines is 3. The van der Waals surface area contributed by atoms with Crippen molar-refractivity contribution < 1.29 is 0 Å². The molecule has 0 radical (unpaired) electrons. The molecule has 12 aromatic rings. The van der Waals surface area contributed by atoms with Crippen LogP contribution in [0.2, 0.25) is 0 Å². The van der Waals surface area contributed by atoms with Crippen molar-refractivity contribution in [3.8, 4) is 33.4 Å². The summed E-state index contributed by atoms with van der Waals surface area (Å²) in [6.07, 6.45) is 1.89. The van der Waals surface area contributed by atoms with Crippen LogP contribution in [-0.2, 0) is 0 Å². The normalized spacial score (nSPS) is 11.7. The first kappa shape index (κ1) is 33.3. The smallest absolute Gasteiger partial charge is 0.137 e.